The minimum atomic E-state index is -6.00. The summed E-state index contributed by atoms with van der Waals surface area (Å²) in [6, 6.07) is 37.2. The highest BCUT2D eigenvalue weighted by Crippen LogP contribution is 2.29. The normalized spacial score (nSPS) is 11.1. The van der Waals surface area contributed by atoms with Gasteiger partial charge in [-0.15, -0.1) is 0 Å². The SMILES string of the molecule is CCCCCCCC[n+]1c(-c2ccccc2)cc(-c2ccccc2)cc1-c1ccccc1.F[B-](F)(F)F. The van der Waals surface area contributed by atoms with Crippen LogP contribution in [0.4, 0.5) is 17.3 Å². The van der Waals surface area contributed by atoms with Gasteiger partial charge in [0.25, 0.3) is 0 Å². The second kappa shape index (κ2) is 14.4. The average molecular weight is 507 g/mol. The number of hydrogen-bond acceptors (Lipinski definition) is 0. The van der Waals surface area contributed by atoms with Crippen molar-refractivity contribution in [1.82, 2.24) is 0 Å². The maximum absolute atomic E-state index is 9.75. The Bertz CT molecular complexity index is 1130. The van der Waals surface area contributed by atoms with E-state index in [1.165, 1.54) is 72.2 Å². The molecule has 37 heavy (non-hydrogen) atoms. The molecule has 4 rings (SSSR count). The molecule has 3 aromatic carbocycles. The van der Waals surface area contributed by atoms with E-state index in [-0.39, 0.29) is 0 Å². The van der Waals surface area contributed by atoms with Crippen LogP contribution < -0.4 is 4.57 Å². The minimum absolute atomic E-state index is 1.04. The Morgan fingerprint density at radius 3 is 1.32 bits per heavy atom. The third-order valence-electron chi connectivity index (χ3n) is 6.15. The van der Waals surface area contributed by atoms with Crippen LogP contribution in [0.1, 0.15) is 45.4 Å². The first kappa shape index (κ1) is 28.2. The lowest BCUT2D eigenvalue weighted by atomic mass is 9.98. The van der Waals surface area contributed by atoms with Crippen LogP contribution in [-0.2, 0) is 6.54 Å². The Hall–Kier alpha value is -3.41. The van der Waals surface area contributed by atoms with Crippen molar-refractivity contribution in [3.8, 4) is 33.6 Å². The van der Waals surface area contributed by atoms with Gasteiger partial charge in [0.1, 0.15) is 6.54 Å². The van der Waals surface area contributed by atoms with Crippen molar-refractivity contribution in [3.63, 3.8) is 0 Å². The summed E-state index contributed by atoms with van der Waals surface area (Å²) in [6.07, 6.45) is 7.83. The van der Waals surface area contributed by atoms with Crippen LogP contribution >= 0.6 is 0 Å². The van der Waals surface area contributed by atoms with E-state index >= 15 is 0 Å². The van der Waals surface area contributed by atoms with Crippen molar-refractivity contribution in [3.05, 3.63) is 103 Å². The zero-order valence-electron chi connectivity index (χ0n) is 21.3. The molecule has 0 atom stereocenters. The Kier molecular flexibility index (Phi) is 10.9. The summed E-state index contributed by atoms with van der Waals surface area (Å²) < 4.78 is 41.5. The molecule has 0 spiro atoms. The van der Waals surface area contributed by atoms with Crippen molar-refractivity contribution in [1.29, 1.82) is 0 Å². The van der Waals surface area contributed by atoms with Gasteiger partial charge >= 0.3 is 7.25 Å². The molecular weight excluding hydrogens is 473 g/mol. The second-order valence-electron chi connectivity index (χ2n) is 9.03. The fourth-order valence-electron chi connectivity index (χ4n) is 4.41. The van der Waals surface area contributed by atoms with Gasteiger partial charge in [-0.2, -0.15) is 4.57 Å². The van der Waals surface area contributed by atoms with Crippen LogP contribution in [0.2, 0.25) is 0 Å². The van der Waals surface area contributed by atoms with Crippen LogP contribution in [0.15, 0.2) is 103 Å². The fraction of sp³-hybridized carbons (Fsp3) is 0.258. The third kappa shape index (κ3) is 9.53. The number of pyridine rings is 1. The Morgan fingerprint density at radius 1 is 0.514 bits per heavy atom. The van der Waals surface area contributed by atoms with E-state index < -0.39 is 7.25 Å². The number of unbranched alkanes of at least 4 members (excludes halogenated alkanes) is 5. The summed E-state index contributed by atoms with van der Waals surface area (Å²) >= 11 is 0. The first-order valence-electron chi connectivity index (χ1n) is 13.0. The molecule has 0 aliphatic rings. The van der Waals surface area contributed by atoms with Crippen molar-refractivity contribution in [2.24, 2.45) is 0 Å². The summed E-state index contributed by atoms with van der Waals surface area (Å²) in [5.41, 5.74) is 7.65. The zero-order chi connectivity index (χ0) is 26.5. The second-order valence-corrected chi connectivity index (χ2v) is 9.03. The number of hydrogen-bond donors (Lipinski definition) is 0. The number of halogens is 4. The number of rotatable bonds is 10. The van der Waals surface area contributed by atoms with Crippen LogP contribution in [0.5, 0.6) is 0 Å². The molecule has 4 aromatic rings. The van der Waals surface area contributed by atoms with E-state index in [0.29, 0.717) is 0 Å². The van der Waals surface area contributed by atoms with E-state index in [4.69, 9.17) is 0 Å². The number of aromatic nitrogens is 1. The van der Waals surface area contributed by atoms with Crippen LogP contribution in [0.3, 0.4) is 0 Å². The maximum Gasteiger partial charge on any atom is 0.673 e. The first-order valence-corrected chi connectivity index (χ1v) is 13.0. The van der Waals surface area contributed by atoms with E-state index in [1.54, 1.807) is 0 Å². The van der Waals surface area contributed by atoms with Gasteiger partial charge in [-0.05, 0) is 41.8 Å². The smallest absolute Gasteiger partial charge is 0.418 e. The number of nitrogens with zero attached hydrogens (tertiary/aromatic N) is 1. The molecule has 0 saturated heterocycles. The topological polar surface area (TPSA) is 3.88 Å². The Labute approximate surface area is 217 Å². The van der Waals surface area contributed by atoms with E-state index in [2.05, 4.69) is 115 Å². The largest absolute Gasteiger partial charge is 0.673 e. The lowest BCUT2D eigenvalue weighted by Gasteiger charge is -2.13. The van der Waals surface area contributed by atoms with E-state index in [9.17, 15) is 17.3 Å². The molecule has 0 unspecified atom stereocenters. The Balaban J connectivity index is 0.000000695. The summed E-state index contributed by atoms with van der Waals surface area (Å²) in [4.78, 5) is 0. The lowest BCUT2D eigenvalue weighted by molar-refractivity contribution is -0.675. The van der Waals surface area contributed by atoms with Crippen molar-refractivity contribution in [2.45, 2.75) is 52.0 Å². The molecule has 1 heterocycles. The summed E-state index contributed by atoms with van der Waals surface area (Å²) in [7, 11) is -6.00. The molecule has 1 nitrogen and oxygen atoms in total. The highest BCUT2D eigenvalue weighted by molar-refractivity contribution is 6.50. The average Bonchev–Trinajstić information content (AvgIpc) is 2.91. The molecule has 0 amide bonds. The molecule has 0 aliphatic carbocycles. The minimum Gasteiger partial charge on any atom is -0.418 e. The van der Waals surface area contributed by atoms with Crippen LogP contribution in [-0.4, -0.2) is 7.25 Å². The van der Waals surface area contributed by atoms with Crippen molar-refractivity contribution < 1.29 is 21.8 Å². The predicted octanol–water partition coefficient (Wildman–Crippen LogP) is 9.64. The van der Waals surface area contributed by atoms with Gasteiger partial charge in [0.05, 0.1) is 0 Å². The van der Waals surface area contributed by atoms with Crippen molar-refractivity contribution >= 4 is 7.25 Å². The molecular formula is C31H34BF4N. The van der Waals surface area contributed by atoms with Gasteiger partial charge in [-0.25, -0.2) is 0 Å². The van der Waals surface area contributed by atoms with E-state index in [1.807, 2.05) is 0 Å². The molecule has 6 heteroatoms. The highest BCUT2D eigenvalue weighted by Gasteiger charge is 2.22. The van der Waals surface area contributed by atoms with Gasteiger partial charge in [-0.3, -0.25) is 0 Å². The predicted molar refractivity (Wildman–Crippen MR) is 147 cm³/mol. The van der Waals surface area contributed by atoms with Gasteiger partial charge in [0.15, 0.2) is 0 Å². The summed E-state index contributed by atoms with van der Waals surface area (Å²) in [5, 5.41) is 0. The van der Waals surface area contributed by atoms with Crippen LogP contribution in [0, 0.1) is 0 Å². The highest BCUT2D eigenvalue weighted by atomic mass is 19.5. The number of benzene rings is 3. The monoisotopic (exact) mass is 507 g/mol. The quantitative estimate of drug-likeness (QED) is 0.0871. The molecule has 0 N–H and O–H groups in total. The zero-order valence-corrected chi connectivity index (χ0v) is 21.3. The summed E-state index contributed by atoms with van der Waals surface area (Å²) in [6.45, 7) is 3.32. The Morgan fingerprint density at radius 2 is 0.892 bits per heavy atom. The molecule has 0 radical (unpaired) electrons. The maximum atomic E-state index is 9.75. The van der Waals surface area contributed by atoms with Gasteiger partial charge < -0.3 is 17.3 Å². The van der Waals surface area contributed by atoms with Gasteiger partial charge in [0.2, 0.25) is 11.4 Å². The third-order valence-corrected chi connectivity index (χ3v) is 6.15. The van der Waals surface area contributed by atoms with Crippen LogP contribution in [0.25, 0.3) is 33.6 Å². The molecule has 0 bridgehead atoms. The summed E-state index contributed by atoms with van der Waals surface area (Å²) in [5.74, 6) is 0. The lowest BCUT2D eigenvalue weighted by Crippen LogP contribution is -2.39. The fourth-order valence-corrected chi connectivity index (χ4v) is 4.41. The molecule has 0 aliphatic heterocycles. The van der Waals surface area contributed by atoms with Gasteiger partial charge in [-0.1, -0.05) is 99.3 Å². The van der Waals surface area contributed by atoms with Crippen molar-refractivity contribution in [2.75, 3.05) is 0 Å². The molecule has 1 aromatic heterocycles. The van der Waals surface area contributed by atoms with Gasteiger partial charge in [0, 0.05) is 29.7 Å². The van der Waals surface area contributed by atoms with E-state index in [0.717, 1.165) is 6.54 Å². The standard InChI is InChI=1S/C31H34N.BF4/c1-2-3-4-5-6-16-23-32-30(27-19-12-8-13-20-27)24-29(26-17-10-7-11-18-26)25-31(32)28-21-14-9-15-22-28;2-1(3,4)5/h7-15,17-22,24-25H,2-6,16,23H2,1H3;/q+1;-1. The molecule has 194 valence electrons. The first-order chi connectivity index (χ1) is 17.9. The molecule has 0 fully saturated rings. The molecule has 0 saturated carbocycles.